The van der Waals surface area contributed by atoms with Crippen LogP contribution in [-0.4, -0.2) is 44.0 Å². The van der Waals surface area contributed by atoms with E-state index in [0.717, 1.165) is 0 Å². The number of carbonyl (C=O) groups is 2. The van der Waals surface area contributed by atoms with Crippen molar-refractivity contribution in [3.63, 3.8) is 0 Å². The SMILES string of the molecule is CCOC(=O)C(=O)Nc1ccc(-c2nnn[nH]2)cc1[N+](=O)[O-]. The number of anilines is 1. The number of nitrogens with zero attached hydrogens (tertiary/aromatic N) is 4. The number of nitro groups is 1. The van der Waals surface area contributed by atoms with Crippen molar-refractivity contribution in [1.29, 1.82) is 0 Å². The molecule has 11 heteroatoms. The Kier molecular flexibility index (Phi) is 4.36. The molecule has 0 unspecified atom stereocenters. The molecular weight excluding hydrogens is 296 g/mol. The third kappa shape index (κ3) is 3.20. The van der Waals surface area contributed by atoms with Crippen molar-refractivity contribution < 1.29 is 19.2 Å². The van der Waals surface area contributed by atoms with Crippen molar-refractivity contribution in [1.82, 2.24) is 20.6 Å². The van der Waals surface area contributed by atoms with E-state index in [0.29, 0.717) is 5.56 Å². The molecule has 2 rings (SSSR count). The van der Waals surface area contributed by atoms with Crippen LogP contribution in [0.2, 0.25) is 0 Å². The van der Waals surface area contributed by atoms with E-state index < -0.39 is 22.5 Å². The average Bonchev–Trinajstić information content (AvgIpc) is 3.01. The maximum atomic E-state index is 11.5. The maximum Gasteiger partial charge on any atom is 0.397 e. The molecule has 1 aromatic heterocycles. The van der Waals surface area contributed by atoms with Gasteiger partial charge in [-0.2, -0.15) is 0 Å². The number of rotatable bonds is 4. The lowest BCUT2D eigenvalue weighted by Gasteiger charge is -2.06. The number of H-pyrrole nitrogens is 1. The fourth-order valence-corrected chi connectivity index (χ4v) is 1.59. The highest BCUT2D eigenvalue weighted by Gasteiger charge is 2.22. The second kappa shape index (κ2) is 6.39. The Hall–Kier alpha value is -3.37. The lowest BCUT2D eigenvalue weighted by Crippen LogP contribution is -2.25. The minimum Gasteiger partial charge on any atom is -0.459 e. The molecule has 2 aromatic rings. The minimum atomic E-state index is -1.12. The van der Waals surface area contributed by atoms with Crippen molar-refractivity contribution in [2.24, 2.45) is 0 Å². The number of carbonyl (C=O) groups excluding carboxylic acids is 2. The van der Waals surface area contributed by atoms with Crippen LogP contribution in [0.1, 0.15) is 6.92 Å². The van der Waals surface area contributed by atoms with Crippen LogP contribution in [0.4, 0.5) is 11.4 Å². The summed E-state index contributed by atoms with van der Waals surface area (Å²) >= 11 is 0. The summed E-state index contributed by atoms with van der Waals surface area (Å²) in [5, 5.41) is 26.0. The van der Waals surface area contributed by atoms with Gasteiger partial charge in [0.05, 0.1) is 11.5 Å². The third-order valence-electron chi connectivity index (χ3n) is 2.52. The predicted molar refractivity (Wildman–Crippen MR) is 71.5 cm³/mol. The Morgan fingerprint density at radius 2 is 2.23 bits per heavy atom. The number of amides is 1. The Bertz CT molecular complexity index is 714. The molecule has 0 bridgehead atoms. The normalized spacial score (nSPS) is 10.0. The molecule has 11 nitrogen and oxygen atoms in total. The number of nitrogens with one attached hydrogen (secondary N) is 2. The number of ether oxygens (including phenoxy) is 1. The van der Waals surface area contributed by atoms with E-state index >= 15 is 0 Å². The fourth-order valence-electron chi connectivity index (χ4n) is 1.59. The molecule has 0 saturated carbocycles. The Balaban J connectivity index is 2.30. The Morgan fingerprint density at radius 1 is 1.45 bits per heavy atom. The highest BCUT2D eigenvalue weighted by molar-refractivity contribution is 6.37. The van der Waals surface area contributed by atoms with Gasteiger partial charge in [0, 0.05) is 11.6 Å². The Morgan fingerprint density at radius 3 is 2.82 bits per heavy atom. The molecule has 1 aromatic carbocycles. The van der Waals surface area contributed by atoms with Crippen LogP contribution < -0.4 is 5.32 Å². The number of tetrazole rings is 1. The van der Waals surface area contributed by atoms with Crippen LogP contribution in [0, 0.1) is 10.1 Å². The molecule has 0 aliphatic heterocycles. The van der Waals surface area contributed by atoms with Gasteiger partial charge in [-0.25, -0.2) is 9.89 Å². The van der Waals surface area contributed by atoms with Crippen LogP contribution in [-0.2, 0) is 14.3 Å². The summed E-state index contributed by atoms with van der Waals surface area (Å²) in [5.41, 5.74) is -0.198. The molecule has 1 amide bonds. The minimum absolute atomic E-state index is 0.0196. The molecule has 0 fully saturated rings. The number of benzene rings is 1. The molecular formula is C11H10N6O5. The molecule has 0 saturated heterocycles. The largest absolute Gasteiger partial charge is 0.459 e. The van der Waals surface area contributed by atoms with Gasteiger partial charge in [-0.15, -0.1) is 5.10 Å². The summed E-state index contributed by atoms with van der Waals surface area (Å²) in [4.78, 5) is 33.2. The summed E-state index contributed by atoms with van der Waals surface area (Å²) in [6.07, 6.45) is 0. The van der Waals surface area contributed by atoms with E-state index in [-0.39, 0.29) is 18.1 Å². The maximum absolute atomic E-state index is 11.5. The van der Waals surface area contributed by atoms with Gasteiger partial charge in [0.25, 0.3) is 5.69 Å². The van der Waals surface area contributed by atoms with Gasteiger partial charge in [-0.05, 0) is 29.5 Å². The van der Waals surface area contributed by atoms with Gasteiger partial charge in [-0.1, -0.05) is 0 Å². The van der Waals surface area contributed by atoms with Gasteiger partial charge < -0.3 is 10.1 Å². The van der Waals surface area contributed by atoms with Crippen molar-refractivity contribution >= 4 is 23.3 Å². The van der Waals surface area contributed by atoms with E-state index in [1.807, 2.05) is 0 Å². The summed E-state index contributed by atoms with van der Waals surface area (Å²) in [5.74, 6) is -1.99. The number of hydrogen-bond acceptors (Lipinski definition) is 8. The lowest BCUT2D eigenvalue weighted by atomic mass is 10.1. The molecule has 0 spiro atoms. The van der Waals surface area contributed by atoms with Crippen LogP contribution in [0.15, 0.2) is 18.2 Å². The topological polar surface area (TPSA) is 153 Å². The van der Waals surface area contributed by atoms with Crippen LogP contribution in [0.25, 0.3) is 11.4 Å². The molecule has 1 heterocycles. The highest BCUT2D eigenvalue weighted by Crippen LogP contribution is 2.29. The Labute approximate surface area is 122 Å². The third-order valence-corrected chi connectivity index (χ3v) is 2.52. The molecule has 2 N–H and O–H groups in total. The summed E-state index contributed by atoms with van der Waals surface area (Å²) in [6, 6.07) is 3.89. The second-order valence-electron chi connectivity index (χ2n) is 3.91. The van der Waals surface area contributed by atoms with Gasteiger partial charge in [-0.3, -0.25) is 14.9 Å². The zero-order valence-corrected chi connectivity index (χ0v) is 11.3. The summed E-state index contributed by atoms with van der Waals surface area (Å²) in [7, 11) is 0. The lowest BCUT2D eigenvalue weighted by molar-refractivity contribution is -0.383. The van der Waals surface area contributed by atoms with Crippen LogP contribution in [0.3, 0.4) is 0 Å². The van der Waals surface area contributed by atoms with Gasteiger partial charge >= 0.3 is 11.9 Å². The fraction of sp³-hybridized carbons (Fsp3) is 0.182. The number of esters is 1. The summed E-state index contributed by atoms with van der Waals surface area (Å²) < 4.78 is 4.51. The monoisotopic (exact) mass is 306 g/mol. The van der Waals surface area contributed by atoms with E-state index in [9.17, 15) is 19.7 Å². The standard InChI is InChI=1S/C11H10N6O5/c1-2-22-11(19)10(18)12-7-4-3-6(5-8(7)17(20)21)9-13-15-16-14-9/h3-5H,2H2,1H3,(H,12,18)(H,13,14,15,16). The number of nitro benzene ring substituents is 1. The van der Waals surface area contributed by atoms with Crippen LogP contribution >= 0.6 is 0 Å². The number of aromatic amines is 1. The van der Waals surface area contributed by atoms with E-state index in [2.05, 4.69) is 30.7 Å². The second-order valence-corrected chi connectivity index (χ2v) is 3.91. The first-order chi connectivity index (χ1) is 10.5. The zero-order chi connectivity index (χ0) is 16.1. The van der Waals surface area contributed by atoms with E-state index in [1.54, 1.807) is 0 Å². The highest BCUT2D eigenvalue weighted by atomic mass is 16.6. The number of hydrogen-bond donors (Lipinski definition) is 2. The first-order valence-corrected chi connectivity index (χ1v) is 6.03. The average molecular weight is 306 g/mol. The molecule has 0 aliphatic carbocycles. The summed E-state index contributed by atoms with van der Waals surface area (Å²) in [6.45, 7) is 1.56. The van der Waals surface area contributed by atoms with E-state index in [4.69, 9.17) is 0 Å². The first kappa shape index (κ1) is 15.0. The van der Waals surface area contributed by atoms with Crippen LogP contribution in [0.5, 0.6) is 0 Å². The van der Waals surface area contributed by atoms with Crippen molar-refractivity contribution in [2.45, 2.75) is 6.92 Å². The van der Waals surface area contributed by atoms with Crippen molar-refractivity contribution in [3.8, 4) is 11.4 Å². The molecule has 0 atom stereocenters. The van der Waals surface area contributed by atoms with Gasteiger partial charge in [0.1, 0.15) is 5.69 Å². The van der Waals surface area contributed by atoms with Crippen molar-refractivity contribution in [3.05, 3.63) is 28.3 Å². The molecule has 114 valence electrons. The quantitative estimate of drug-likeness (QED) is 0.353. The predicted octanol–water partition coefficient (Wildman–Crippen LogP) is 0.276. The zero-order valence-electron chi connectivity index (χ0n) is 11.3. The first-order valence-electron chi connectivity index (χ1n) is 6.03. The number of aromatic nitrogens is 4. The van der Waals surface area contributed by atoms with E-state index in [1.165, 1.54) is 25.1 Å². The molecule has 22 heavy (non-hydrogen) atoms. The molecule has 0 radical (unpaired) electrons. The van der Waals surface area contributed by atoms with Crippen molar-refractivity contribution in [2.75, 3.05) is 11.9 Å². The van der Waals surface area contributed by atoms with Gasteiger partial charge in [0.2, 0.25) is 0 Å². The smallest absolute Gasteiger partial charge is 0.397 e. The molecule has 0 aliphatic rings. The van der Waals surface area contributed by atoms with Gasteiger partial charge in [0.15, 0.2) is 5.82 Å².